The Kier molecular flexibility index (Phi) is 3.67. The fourth-order valence-electron chi connectivity index (χ4n) is 1.84. The third-order valence-electron chi connectivity index (χ3n) is 2.95. The lowest BCUT2D eigenvalue weighted by Gasteiger charge is -2.35. The van der Waals surface area contributed by atoms with Gasteiger partial charge in [0.25, 0.3) is 0 Å². The van der Waals surface area contributed by atoms with E-state index in [1.807, 2.05) is 0 Å². The smallest absolute Gasteiger partial charge is 0.318 e. The minimum atomic E-state index is -3.67. The third-order valence-corrected chi connectivity index (χ3v) is 4.75. The third kappa shape index (κ3) is 2.88. The van der Waals surface area contributed by atoms with Crippen LogP contribution in [0.3, 0.4) is 0 Å². The van der Waals surface area contributed by atoms with Crippen molar-refractivity contribution in [1.29, 1.82) is 0 Å². The van der Waals surface area contributed by atoms with Crippen LogP contribution in [0.15, 0.2) is 16.9 Å². The molecule has 0 aliphatic heterocycles. The van der Waals surface area contributed by atoms with Gasteiger partial charge in [0.15, 0.2) is 0 Å². The highest BCUT2D eigenvalue weighted by Crippen LogP contribution is 2.28. The monoisotopic (exact) mass is 274 g/mol. The molecule has 18 heavy (non-hydrogen) atoms. The van der Waals surface area contributed by atoms with Crippen molar-refractivity contribution in [3.63, 3.8) is 0 Å². The zero-order valence-corrected chi connectivity index (χ0v) is 10.5. The maximum absolute atomic E-state index is 12.1. The summed E-state index contributed by atoms with van der Waals surface area (Å²) in [6.07, 6.45) is 3.65. The SMILES string of the molecule is O=C(O)CN(C1CCC1)S(=O)(=O)Cc1ccon1. The van der Waals surface area contributed by atoms with E-state index in [4.69, 9.17) is 5.11 Å². The van der Waals surface area contributed by atoms with Crippen LogP contribution < -0.4 is 0 Å². The van der Waals surface area contributed by atoms with Gasteiger partial charge in [-0.05, 0) is 12.8 Å². The van der Waals surface area contributed by atoms with Gasteiger partial charge in [-0.3, -0.25) is 4.79 Å². The van der Waals surface area contributed by atoms with Crippen molar-refractivity contribution in [2.24, 2.45) is 0 Å². The largest absolute Gasteiger partial charge is 0.480 e. The highest BCUT2D eigenvalue weighted by atomic mass is 32.2. The van der Waals surface area contributed by atoms with Gasteiger partial charge in [-0.25, -0.2) is 8.42 Å². The summed E-state index contributed by atoms with van der Waals surface area (Å²) in [7, 11) is -3.67. The van der Waals surface area contributed by atoms with Gasteiger partial charge >= 0.3 is 5.97 Å². The van der Waals surface area contributed by atoms with Crippen molar-refractivity contribution in [1.82, 2.24) is 9.46 Å². The Morgan fingerprint density at radius 2 is 2.28 bits per heavy atom. The van der Waals surface area contributed by atoms with Gasteiger partial charge in [0.2, 0.25) is 10.0 Å². The number of hydrogen-bond acceptors (Lipinski definition) is 5. The second-order valence-corrected chi connectivity index (χ2v) is 6.19. The van der Waals surface area contributed by atoms with Crippen LogP contribution in [-0.4, -0.2) is 41.5 Å². The van der Waals surface area contributed by atoms with Crippen LogP contribution in [0.25, 0.3) is 0 Å². The van der Waals surface area contributed by atoms with Gasteiger partial charge in [-0.1, -0.05) is 11.6 Å². The predicted octanol–water partition coefficient (Wildman–Crippen LogP) is 0.443. The van der Waals surface area contributed by atoms with Gasteiger partial charge in [0.1, 0.15) is 18.6 Å². The van der Waals surface area contributed by atoms with Crippen LogP contribution >= 0.6 is 0 Å². The topological polar surface area (TPSA) is 101 Å². The lowest BCUT2D eigenvalue weighted by atomic mass is 9.93. The minimum Gasteiger partial charge on any atom is -0.480 e. The summed E-state index contributed by atoms with van der Waals surface area (Å²) in [6.45, 7) is -0.495. The first-order valence-electron chi connectivity index (χ1n) is 5.59. The molecule has 1 aromatic rings. The molecule has 0 amide bonds. The van der Waals surface area contributed by atoms with E-state index in [1.54, 1.807) is 0 Å². The number of hydrogen-bond donors (Lipinski definition) is 1. The molecule has 1 heterocycles. The molecule has 0 bridgehead atoms. The van der Waals surface area contributed by atoms with Gasteiger partial charge < -0.3 is 9.63 Å². The van der Waals surface area contributed by atoms with E-state index in [9.17, 15) is 13.2 Å². The van der Waals surface area contributed by atoms with Gasteiger partial charge in [-0.2, -0.15) is 4.31 Å². The number of nitrogens with zero attached hydrogens (tertiary/aromatic N) is 2. The first kappa shape index (κ1) is 13.0. The molecule has 1 aromatic heterocycles. The maximum Gasteiger partial charge on any atom is 0.318 e. The second-order valence-electron chi connectivity index (χ2n) is 4.27. The Morgan fingerprint density at radius 3 is 2.72 bits per heavy atom. The van der Waals surface area contributed by atoms with Crippen molar-refractivity contribution in [3.8, 4) is 0 Å². The number of rotatable bonds is 6. The van der Waals surface area contributed by atoms with Gasteiger partial charge in [0, 0.05) is 12.1 Å². The summed E-state index contributed by atoms with van der Waals surface area (Å²) in [5, 5.41) is 12.3. The van der Waals surface area contributed by atoms with Crippen LogP contribution in [0.1, 0.15) is 25.0 Å². The Morgan fingerprint density at radius 1 is 1.56 bits per heavy atom. The summed E-state index contributed by atoms with van der Waals surface area (Å²) in [5.74, 6) is -1.47. The summed E-state index contributed by atoms with van der Waals surface area (Å²) in [5.41, 5.74) is 0.282. The molecule has 0 saturated heterocycles. The van der Waals surface area contributed by atoms with Crippen molar-refractivity contribution < 1.29 is 22.8 Å². The molecule has 1 N–H and O–H groups in total. The molecular formula is C10H14N2O5S. The number of carbonyl (C=O) groups is 1. The molecular weight excluding hydrogens is 260 g/mol. The predicted molar refractivity (Wildman–Crippen MR) is 61.1 cm³/mol. The van der Waals surface area contributed by atoms with Crippen molar-refractivity contribution in [2.75, 3.05) is 6.54 Å². The molecule has 1 fully saturated rings. The Labute approximate surface area is 104 Å². The van der Waals surface area contributed by atoms with E-state index in [0.29, 0.717) is 12.8 Å². The van der Waals surface area contributed by atoms with Crippen molar-refractivity contribution in [3.05, 3.63) is 18.0 Å². The van der Waals surface area contributed by atoms with E-state index in [0.717, 1.165) is 10.7 Å². The number of aromatic nitrogens is 1. The fraction of sp³-hybridized carbons (Fsp3) is 0.600. The molecule has 0 atom stereocenters. The zero-order valence-electron chi connectivity index (χ0n) is 9.65. The number of sulfonamides is 1. The van der Waals surface area contributed by atoms with Crippen LogP contribution in [-0.2, 0) is 20.6 Å². The lowest BCUT2D eigenvalue weighted by Crippen LogP contribution is -2.47. The molecule has 1 aliphatic rings. The Bertz CT molecular complexity index is 506. The van der Waals surface area contributed by atoms with Crippen molar-refractivity contribution in [2.45, 2.75) is 31.1 Å². The summed E-state index contributed by atoms with van der Waals surface area (Å²) in [4.78, 5) is 10.8. The highest BCUT2D eigenvalue weighted by Gasteiger charge is 2.35. The molecule has 8 heteroatoms. The Balaban J connectivity index is 2.14. The summed E-state index contributed by atoms with van der Waals surface area (Å²) < 4.78 is 29.9. The lowest BCUT2D eigenvalue weighted by molar-refractivity contribution is -0.137. The van der Waals surface area contributed by atoms with Crippen molar-refractivity contribution >= 4 is 16.0 Å². The van der Waals surface area contributed by atoms with Crippen LogP contribution in [0.4, 0.5) is 0 Å². The fourth-order valence-corrected chi connectivity index (χ4v) is 3.51. The molecule has 100 valence electrons. The summed E-state index contributed by atoms with van der Waals surface area (Å²) in [6, 6.07) is 1.26. The first-order valence-corrected chi connectivity index (χ1v) is 7.20. The quantitative estimate of drug-likeness (QED) is 0.808. The standard InChI is InChI=1S/C10H14N2O5S/c13-10(14)6-12(9-2-1-3-9)18(15,16)7-8-4-5-17-11-8/h4-5,9H,1-3,6-7H2,(H,13,14). The highest BCUT2D eigenvalue weighted by molar-refractivity contribution is 7.88. The Hall–Kier alpha value is -1.41. The zero-order chi connectivity index (χ0) is 13.2. The molecule has 1 saturated carbocycles. The molecule has 1 aliphatic carbocycles. The molecule has 0 aromatic carbocycles. The molecule has 0 unspecified atom stereocenters. The van der Waals surface area contributed by atoms with Gasteiger partial charge in [0.05, 0.1) is 5.69 Å². The number of carboxylic acids is 1. The van der Waals surface area contributed by atoms with E-state index in [-0.39, 0.29) is 17.5 Å². The van der Waals surface area contributed by atoms with E-state index in [1.165, 1.54) is 12.3 Å². The van der Waals surface area contributed by atoms with Crippen LogP contribution in [0, 0.1) is 0 Å². The summed E-state index contributed by atoms with van der Waals surface area (Å²) >= 11 is 0. The number of aliphatic carboxylic acids is 1. The van der Waals surface area contributed by atoms with Gasteiger partial charge in [-0.15, -0.1) is 0 Å². The second kappa shape index (κ2) is 5.07. The number of carboxylic acid groups (broad SMARTS) is 1. The molecule has 7 nitrogen and oxygen atoms in total. The first-order chi connectivity index (χ1) is 8.49. The van der Waals surface area contributed by atoms with Crippen LogP contribution in [0.2, 0.25) is 0 Å². The average Bonchev–Trinajstić information content (AvgIpc) is 2.65. The average molecular weight is 274 g/mol. The normalized spacial score (nSPS) is 16.7. The minimum absolute atomic E-state index is 0.196. The molecule has 0 radical (unpaired) electrons. The van der Waals surface area contributed by atoms with E-state index >= 15 is 0 Å². The van der Waals surface area contributed by atoms with E-state index in [2.05, 4.69) is 9.68 Å². The maximum atomic E-state index is 12.1. The van der Waals surface area contributed by atoms with E-state index < -0.39 is 22.5 Å². The van der Waals surface area contributed by atoms with Crippen LogP contribution in [0.5, 0.6) is 0 Å². The molecule has 2 rings (SSSR count). The molecule has 0 spiro atoms.